The van der Waals surface area contributed by atoms with E-state index in [1.165, 1.54) is 0 Å². The molecule has 0 aliphatic heterocycles. The number of ether oxygens (including phenoxy) is 2. The van der Waals surface area contributed by atoms with Crippen molar-refractivity contribution >= 4 is 17.6 Å². The van der Waals surface area contributed by atoms with Gasteiger partial charge in [-0.25, -0.2) is 4.79 Å². The number of carbonyl (C=O) groups is 2. The third kappa shape index (κ3) is 12.0. The molecule has 0 aromatic heterocycles. The molecule has 0 spiro atoms. The number of rotatable bonds is 8. The van der Waals surface area contributed by atoms with Crippen LogP contribution in [0.25, 0.3) is 5.57 Å². The van der Waals surface area contributed by atoms with Gasteiger partial charge in [0, 0.05) is 6.04 Å². The van der Waals surface area contributed by atoms with Crippen molar-refractivity contribution in [1.82, 2.24) is 5.32 Å². The van der Waals surface area contributed by atoms with Crippen LogP contribution in [0.1, 0.15) is 66.9 Å². The van der Waals surface area contributed by atoms with Gasteiger partial charge in [-0.2, -0.15) is 0 Å². The van der Waals surface area contributed by atoms with Gasteiger partial charge in [-0.05, 0) is 83.7 Å². The molecule has 5 heteroatoms. The number of hydrogen-bond acceptors (Lipinski definition) is 4. The van der Waals surface area contributed by atoms with Gasteiger partial charge in [0.2, 0.25) is 0 Å². The predicted molar refractivity (Wildman–Crippen MR) is 130 cm³/mol. The lowest BCUT2D eigenvalue weighted by Crippen LogP contribution is -2.41. The minimum atomic E-state index is -0.630. The molecule has 1 aromatic rings. The molecule has 0 radical (unpaired) electrons. The summed E-state index contributed by atoms with van der Waals surface area (Å²) in [4.78, 5) is 24.6. The van der Waals surface area contributed by atoms with Gasteiger partial charge < -0.3 is 14.8 Å². The Bertz CT molecular complexity index is 846. The Morgan fingerprint density at radius 2 is 1.62 bits per heavy atom. The first-order valence-electron chi connectivity index (χ1n) is 10.8. The van der Waals surface area contributed by atoms with Crippen molar-refractivity contribution in [2.75, 3.05) is 0 Å². The summed E-state index contributed by atoms with van der Waals surface area (Å²) >= 11 is 0. The Balaban J connectivity index is 2.98. The average molecular weight is 440 g/mol. The highest BCUT2D eigenvalue weighted by molar-refractivity contribution is 5.74. The van der Waals surface area contributed by atoms with E-state index in [1.807, 2.05) is 70.2 Å². The molecule has 0 saturated carbocycles. The Hall–Kier alpha value is -3.04. The SMILES string of the molecule is C=C/C(=C\C=C=C(C)CC(CC(=O)OC(C)(C)C)NC(=O)OC(C)(C)C)c1ccccc1. The van der Waals surface area contributed by atoms with E-state index >= 15 is 0 Å². The third-order valence-corrected chi connectivity index (χ3v) is 4.03. The van der Waals surface area contributed by atoms with Gasteiger partial charge in [0.25, 0.3) is 0 Å². The Morgan fingerprint density at radius 3 is 2.16 bits per heavy atom. The molecule has 32 heavy (non-hydrogen) atoms. The molecule has 0 aliphatic carbocycles. The summed E-state index contributed by atoms with van der Waals surface area (Å²) in [5.74, 6) is -0.381. The summed E-state index contributed by atoms with van der Waals surface area (Å²) in [6.07, 6.45) is 5.43. The minimum absolute atomic E-state index is 0.0350. The third-order valence-electron chi connectivity index (χ3n) is 4.03. The Morgan fingerprint density at radius 1 is 1.03 bits per heavy atom. The Kier molecular flexibility index (Phi) is 10.2. The lowest BCUT2D eigenvalue weighted by Gasteiger charge is -2.25. The number of allylic oxidation sites excluding steroid dienone is 3. The average Bonchev–Trinajstić information content (AvgIpc) is 2.62. The number of esters is 1. The van der Waals surface area contributed by atoms with Crippen LogP contribution in [-0.4, -0.2) is 29.3 Å². The molecule has 0 aliphatic rings. The van der Waals surface area contributed by atoms with E-state index in [-0.39, 0.29) is 12.4 Å². The quantitative estimate of drug-likeness (QED) is 0.290. The zero-order chi connectivity index (χ0) is 24.4. The smallest absolute Gasteiger partial charge is 0.407 e. The highest BCUT2D eigenvalue weighted by atomic mass is 16.6. The van der Waals surface area contributed by atoms with Crippen molar-refractivity contribution in [2.24, 2.45) is 0 Å². The molecular formula is C27H37NO4. The van der Waals surface area contributed by atoms with Gasteiger partial charge in [-0.15, -0.1) is 5.73 Å². The van der Waals surface area contributed by atoms with Crippen molar-refractivity contribution < 1.29 is 19.1 Å². The molecule has 1 N–H and O–H groups in total. The van der Waals surface area contributed by atoms with Crippen molar-refractivity contribution in [1.29, 1.82) is 0 Å². The lowest BCUT2D eigenvalue weighted by atomic mass is 10.0. The van der Waals surface area contributed by atoms with E-state index in [0.29, 0.717) is 6.42 Å². The van der Waals surface area contributed by atoms with Crippen molar-refractivity contribution in [3.05, 3.63) is 72.0 Å². The molecule has 5 nitrogen and oxygen atoms in total. The zero-order valence-electron chi connectivity index (χ0n) is 20.5. The monoisotopic (exact) mass is 439 g/mol. The van der Waals surface area contributed by atoms with Crippen LogP contribution >= 0.6 is 0 Å². The van der Waals surface area contributed by atoms with Gasteiger partial charge in [0.05, 0.1) is 6.42 Å². The van der Waals surface area contributed by atoms with Crippen LogP contribution in [0.15, 0.2) is 66.4 Å². The van der Waals surface area contributed by atoms with Gasteiger partial charge >= 0.3 is 12.1 Å². The van der Waals surface area contributed by atoms with E-state index in [2.05, 4.69) is 17.6 Å². The van der Waals surface area contributed by atoms with Crippen LogP contribution < -0.4 is 5.32 Å². The number of benzene rings is 1. The van der Waals surface area contributed by atoms with E-state index in [9.17, 15) is 9.59 Å². The van der Waals surface area contributed by atoms with Crippen LogP contribution in [0.3, 0.4) is 0 Å². The fraction of sp³-hybridized carbons (Fsp3) is 0.444. The number of hydrogen-bond donors (Lipinski definition) is 1. The summed E-state index contributed by atoms with van der Waals surface area (Å²) in [7, 11) is 0. The maximum atomic E-state index is 12.3. The van der Waals surface area contributed by atoms with Crippen LogP contribution in [0, 0.1) is 0 Å². The molecule has 1 atom stereocenters. The lowest BCUT2D eigenvalue weighted by molar-refractivity contribution is -0.155. The first-order chi connectivity index (χ1) is 14.8. The number of amides is 1. The summed E-state index contributed by atoms with van der Waals surface area (Å²) in [6.45, 7) is 16.6. The van der Waals surface area contributed by atoms with E-state index in [1.54, 1.807) is 26.8 Å². The van der Waals surface area contributed by atoms with Gasteiger partial charge in [-0.3, -0.25) is 4.79 Å². The van der Waals surface area contributed by atoms with Crippen molar-refractivity contribution in [3.63, 3.8) is 0 Å². The highest BCUT2D eigenvalue weighted by Gasteiger charge is 2.24. The molecule has 174 valence electrons. The first-order valence-corrected chi connectivity index (χ1v) is 10.8. The molecular weight excluding hydrogens is 402 g/mol. The summed E-state index contributed by atoms with van der Waals surface area (Å²) < 4.78 is 10.8. The zero-order valence-corrected chi connectivity index (χ0v) is 20.5. The Labute approximate surface area is 192 Å². The standard InChI is InChI=1S/C27H37NO4/c1-9-21(22-15-11-10-12-16-22)17-13-14-20(2)18-23(19-24(29)31-26(3,4)5)28-25(30)32-27(6,7)8/h9-13,15-17,23H,1,18-19H2,2-8H3,(H,28,30)/b21-17+. The molecule has 1 rings (SSSR count). The summed E-state index contributed by atoms with van der Waals surface area (Å²) in [5.41, 5.74) is 4.90. The van der Waals surface area contributed by atoms with Crippen molar-refractivity contribution in [2.45, 2.75) is 78.6 Å². The van der Waals surface area contributed by atoms with Gasteiger partial charge in [0.15, 0.2) is 0 Å². The largest absolute Gasteiger partial charge is 0.460 e. The van der Waals surface area contributed by atoms with Crippen molar-refractivity contribution in [3.8, 4) is 0 Å². The molecule has 0 bridgehead atoms. The molecule has 1 amide bonds. The van der Waals surface area contributed by atoms with E-state index < -0.39 is 23.3 Å². The van der Waals surface area contributed by atoms with Crippen LogP contribution in [0.4, 0.5) is 4.79 Å². The second kappa shape index (κ2) is 12.1. The highest BCUT2D eigenvalue weighted by Crippen LogP contribution is 2.16. The molecule has 0 heterocycles. The second-order valence-corrected chi connectivity index (χ2v) is 9.62. The summed E-state index contributed by atoms with van der Waals surface area (Å²) in [6, 6.07) is 9.46. The second-order valence-electron chi connectivity index (χ2n) is 9.62. The van der Waals surface area contributed by atoms with E-state index in [0.717, 1.165) is 16.7 Å². The predicted octanol–water partition coefficient (Wildman–Crippen LogP) is 6.37. The topological polar surface area (TPSA) is 64.6 Å². The van der Waals surface area contributed by atoms with Gasteiger partial charge in [0.1, 0.15) is 11.2 Å². The molecule has 1 aromatic carbocycles. The fourth-order valence-corrected chi connectivity index (χ4v) is 2.85. The number of carbonyl (C=O) groups excluding carboxylic acids is 2. The van der Waals surface area contributed by atoms with Crippen LogP contribution in [-0.2, 0) is 14.3 Å². The van der Waals surface area contributed by atoms with Crippen LogP contribution in [0.2, 0.25) is 0 Å². The number of nitrogens with one attached hydrogen (secondary N) is 1. The fourth-order valence-electron chi connectivity index (χ4n) is 2.85. The summed E-state index contributed by atoms with van der Waals surface area (Å²) in [5, 5.41) is 2.79. The number of alkyl carbamates (subject to hydrolysis) is 1. The van der Waals surface area contributed by atoms with E-state index in [4.69, 9.17) is 9.47 Å². The normalized spacial score (nSPS) is 12.8. The van der Waals surface area contributed by atoms with Crippen LogP contribution in [0.5, 0.6) is 0 Å². The minimum Gasteiger partial charge on any atom is -0.460 e. The maximum Gasteiger partial charge on any atom is 0.407 e. The molecule has 0 saturated heterocycles. The molecule has 0 fully saturated rings. The maximum absolute atomic E-state index is 12.3. The first kappa shape index (κ1) is 27.0. The van der Waals surface area contributed by atoms with Gasteiger partial charge in [-0.1, -0.05) is 43.0 Å². The molecule has 1 unspecified atom stereocenters.